The van der Waals surface area contributed by atoms with Crippen LogP contribution in [0.4, 0.5) is 0 Å². The molecule has 1 aliphatic heterocycles. The first-order valence-electron chi connectivity index (χ1n) is 6.75. The van der Waals surface area contributed by atoms with Gasteiger partial charge in [-0.1, -0.05) is 60.7 Å². The highest BCUT2D eigenvalue weighted by molar-refractivity contribution is 5.80. The lowest BCUT2D eigenvalue weighted by atomic mass is 10.0. The third kappa shape index (κ3) is 3.33. The van der Waals surface area contributed by atoms with Crippen LogP contribution >= 0.6 is 0 Å². The molecule has 0 bridgehead atoms. The zero-order chi connectivity index (χ0) is 13.1. The maximum absolute atomic E-state index is 5.26. The van der Waals surface area contributed by atoms with E-state index in [0.717, 1.165) is 13.0 Å². The summed E-state index contributed by atoms with van der Waals surface area (Å²) in [5.74, 6) is 0. The average molecular weight is 250 g/mol. The lowest BCUT2D eigenvalue weighted by Gasteiger charge is -2.04. The van der Waals surface area contributed by atoms with Gasteiger partial charge >= 0.3 is 0 Å². The van der Waals surface area contributed by atoms with E-state index in [1.165, 1.54) is 22.3 Å². The van der Waals surface area contributed by atoms with Gasteiger partial charge < -0.3 is 4.74 Å². The van der Waals surface area contributed by atoms with Gasteiger partial charge in [0.15, 0.2) is 0 Å². The standard InChI is InChI=1S/C18H18O/c1-14(11-15-5-3-2-4-6-15)17-9-7-16(8-10-17)12-18-13-19-18/h2-11,18H,12-13H2,1H3/b14-11-. The molecular formula is C18H18O. The van der Waals surface area contributed by atoms with Gasteiger partial charge in [0, 0.05) is 6.42 Å². The molecule has 1 saturated heterocycles. The van der Waals surface area contributed by atoms with Crippen molar-refractivity contribution >= 4 is 11.6 Å². The molecule has 0 amide bonds. The highest BCUT2D eigenvalue weighted by Crippen LogP contribution is 2.20. The van der Waals surface area contributed by atoms with E-state index in [0.29, 0.717) is 6.10 Å². The van der Waals surface area contributed by atoms with Gasteiger partial charge in [0.2, 0.25) is 0 Å². The number of allylic oxidation sites excluding steroid dienone is 1. The summed E-state index contributed by atoms with van der Waals surface area (Å²) in [7, 11) is 0. The molecule has 96 valence electrons. The number of hydrogen-bond acceptors (Lipinski definition) is 1. The molecule has 1 atom stereocenters. The number of hydrogen-bond donors (Lipinski definition) is 0. The summed E-state index contributed by atoms with van der Waals surface area (Å²) in [6.45, 7) is 3.08. The first kappa shape index (κ1) is 12.2. The molecule has 0 radical (unpaired) electrons. The first-order chi connectivity index (χ1) is 9.31. The molecule has 1 aliphatic rings. The molecule has 0 N–H and O–H groups in total. The normalized spacial score (nSPS) is 18.4. The van der Waals surface area contributed by atoms with E-state index in [9.17, 15) is 0 Å². The molecule has 1 fully saturated rings. The quantitative estimate of drug-likeness (QED) is 0.585. The van der Waals surface area contributed by atoms with Crippen LogP contribution in [0.2, 0.25) is 0 Å². The molecule has 0 spiro atoms. The molecule has 2 aromatic rings. The molecule has 0 aromatic heterocycles. The Bertz CT molecular complexity index is 562. The fourth-order valence-corrected chi connectivity index (χ4v) is 2.24. The summed E-state index contributed by atoms with van der Waals surface area (Å²) in [6, 6.07) is 19.2. The van der Waals surface area contributed by atoms with Crippen LogP contribution in [0, 0.1) is 0 Å². The molecule has 1 heteroatoms. The Kier molecular flexibility index (Phi) is 3.47. The predicted molar refractivity (Wildman–Crippen MR) is 79.9 cm³/mol. The van der Waals surface area contributed by atoms with Crippen molar-refractivity contribution in [3.8, 4) is 0 Å². The molecule has 1 heterocycles. The van der Waals surface area contributed by atoms with Crippen molar-refractivity contribution in [2.75, 3.05) is 6.61 Å². The lowest BCUT2D eigenvalue weighted by molar-refractivity contribution is 0.407. The van der Waals surface area contributed by atoms with Gasteiger partial charge in [-0.05, 0) is 29.2 Å². The predicted octanol–water partition coefficient (Wildman–Crippen LogP) is 4.19. The minimum absolute atomic E-state index is 0.465. The topological polar surface area (TPSA) is 12.5 Å². The van der Waals surface area contributed by atoms with Crippen molar-refractivity contribution in [1.82, 2.24) is 0 Å². The fourth-order valence-electron chi connectivity index (χ4n) is 2.24. The highest BCUT2D eigenvalue weighted by Gasteiger charge is 2.22. The zero-order valence-corrected chi connectivity index (χ0v) is 11.2. The molecular weight excluding hydrogens is 232 g/mol. The molecule has 2 aromatic carbocycles. The number of benzene rings is 2. The van der Waals surface area contributed by atoms with Crippen LogP contribution < -0.4 is 0 Å². The van der Waals surface area contributed by atoms with E-state index in [1.807, 2.05) is 6.07 Å². The smallest absolute Gasteiger partial charge is 0.0850 e. The van der Waals surface area contributed by atoms with Gasteiger partial charge in [-0.25, -0.2) is 0 Å². The van der Waals surface area contributed by atoms with Crippen LogP contribution in [0.3, 0.4) is 0 Å². The molecule has 3 rings (SSSR count). The Morgan fingerprint density at radius 3 is 2.42 bits per heavy atom. The van der Waals surface area contributed by atoms with Gasteiger partial charge in [-0.15, -0.1) is 0 Å². The SMILES string of the molecule is C/C(=C/c1ccccc1)c1ccc(CC2CO2)cc1. The Morgan fingerprint density at radius 2 is 1.79 bits per heavy atom. The van der Waals surface area contributed by atoms with Crippen LogP contribution in [0.1, 0.15) is 23.6 Å². The van der Waals surface area contributed by atoms with Crippen LogP contribution in [0.5, 0.6) is 0 Å². The number of ether oxygens (including phenoxy) is 1. The number of epoxide rings is 1. The van der Waals surface area contributed by atoms with Crippen molar-refractivity contribution in [2.45, 2.75) is 19.4 Å². The average Bonchev–Trinajstić information content (AvgIpc) is 3.25. The summed E-state index contributed by atoms with van der Waals surface area (Å²) < 4.78 is 5.26. The second kappa shape index (κ2) is 5.41. The van der Waals surface area contributed by atoms with E-state index in [-0.39, 0.29) is 0 Å². The van der Waals surface area contributed by atoms with E-state index >= 15 is 0 Å². The van der Waals surface area contributed by atoms with E-state index < -0.39 is 0 Å². The summed E-state index contributed by atoms with van der Waals surface area (Å²) in [5.41, 5.74) is 5.18. The fraction of sp³-hybridized carbons (Fsp3) is 0.222. The van der Waals surface area contributed by atoms with Crippen LogP contribution in [-0.2, 0) is 11.2 Å². The minimum atomic E-state index is 0.465. The van der Waals surface area contributed by atoms with E-state index in [1.54, 1.807) is 0 Å². The third-order valence-corrected chi connectivity index (χ3v) is 3.46. The maximum Gasteiger partial charge on any atom is 0.0850 e. The second-order valence-electron chi connectivity index (χ2n) is 5.09. The lowest BCUT2D eigenvalue weighted by Crippen LogP contribution is -1.92. The molecule has 0 saturated carbocycles. The molecule has 19 heavy (non-hydrogen) atoms. The van der Waals surface area contributed by atoms with Gasteiger partial charge in [0.05, 0.1) is 12.7 Å². The van der Waals surface area contributed by atoms with Crippen molar-refractivity contribution in [1.29, 1.82) is 0 Å². The van der Waals surface area contributed by atoms with Crippen LogP contribution in [-0.4, -0.2) is 12.7 Å². The van der Waals surface area contributed by atoms with Gasteiger partial charge in [-0.3, -0.25) is 0 Å². The largest absolute Gasteiger partial charge is 0.373 e. The first-order valence-corrected chi connectivity index (χ1v) is 6.75. The maximum atomic E-state index is 5.26. The molecule has 1 unspecified atom stereocenters. The van der Waals surface area contributed by atoms with Crippen molar-refractivity contribution < 1.29 is 4.74 Å². The van der Waals surface area contributed by atoms with Crippen molar-refractivity contribution in [3.05, 3.63) is 71.3 Å². The Morgan fingerprint density at radius 1 is 1.11 bits per heavy atom. The molecule has 1 nitrogen and oxygen atoms in total. The van der Waals surface area contributed by atoms with Crippen LogP contribution in [0.15, 0.2) is 54.6 Å². The Hall–Kier alpha value is -1.86. The second-order valence-corrected chi connectivity index (χ2v) is 5.09. The van der Waals surface area contributed by atoms with Gasteiger partial charge in [0.1, 0.15) is 0 Å². The zero-order valence-electron chi connectivity index (χ0n) is 11.2. The number of rotatable bonds is 4. The van der Waals surface area contributed by atoms with E-state index in [2.05, 4.69) is 61.5 Å². The van der Waals surface area contributed by atoms with Crippen LogP contribution in [0.25, 0.3) is 11.6 Å². The third-order valence-electron chi connectivity index (χ3n) is 3.46. The summed E-state index contributed by atoms with van der Waals surface area (Å²) >= 11 is 0. The Labute approximate surface area is 114 Å². The summed E-state index contributed by atoms with van der Waals surface area (Å²) in [6.07, 6.45) is 3.73. The summed E-state index contributed by atoms with van der Waals surface area (Å²) in [4.78, 5) is 0. The highest BCUT2D eigenvalue weighted by atomic mass is 16.6. The van der Waals surface area contributed by atoms with Gasteiger partial charge in [-0.2, -0.15) is 0 Å². The minimum Gasteiger partial charge on any atom is -0.373 e. The van der Waals surface area contributed by atoms with E-state index in [4.69, 9.17) is 4.74 Å². The molecule has 0 aliphatic carbocycles. The Balaban J connectivity index is 1.75. The van der Waals surface area contributed by atoms with Crippen molar-refractivity contribution in [3.63, 3.8) is 0 Å². The monoisotopic (exact) mass is 250 g/mol. The van der Waals surface area contributed by atoms with Gasteiger partial charge in [0.25, 0.3) is 0 Å². The summed E-state index contributed by atoms with van der Waals surface area (Å²) in [5, 5.41) is 0. The van der Waals surface area contributed by atoms with Crippen molar-refractivity contribution in [2.24, 2.45) is 0 Å².